The van der Waals surface area contributed by atoms with Gasteiger partial charge < -0.3 is 4.57 Å². The molecule has 3 aromatic heterocycles. The largest absolute Gasteiger partial charge is 0.348 e. The van der Waals surface area contributed by atoms with Gasteiger partial charge in [-0.25, -0.2) is 0 Å². The highest BCUT2D eigenvalue weighted by Gasteiger charge is 2.18. The number of aryl methyl sites for hydroxylation is 3. The molecule has 0 amide bonds. The monoisotopic (exact) mass is 410 g/mol. The van der Waals surface area contributed by atoms with Crippen LogP contribution in [0.25, 0.3) is 0 Å². The number of nitriles is 1. The van der Waals surface area contributed by atoms with E-state index in [-0.39, 0.29) is 11.5 Å². The van der Waals surface area contributed by atoms with Crippen molar-refractivity contribution in [3.63, 3.8) is 0 Å². The zero-order chi connectivity index (χ0) is 20.3. The molecule has 28 heavy (non-hydrogen) atoms. The van der Waals surface area contributed by atoms with Crippen LogP contribution in [0.3, 0.4) is 0 Å². The Morgan fingerprint density at radius 1 is 1.29 bits per heavy atom. The third-order valence-electron chi connectivity index (χ3n) is 4.91. The van der Waals surface area contributed by atoms with Crippen molar-refractivity contribution in [2.24, 2.45) is 0 Å². The fourth-order valence-electron chi connectivity index (χ4n) is 3.14. The Balaban J connectivity index is 1.72. The molecule has 3 heterocycles. The number of thiophene rings is 1. The van der Waals surface area contributed by atoms with Crippen LogP contribution in [0, 0.1) is 39.0 Å². The number of ketones is 1. The van der Waals surface area contributed by atoms with E-state index in [9.17, 15) is 10.1 Å². The van der Waals surface area contributed by atoms with E-state index < -0.39 is 0 Å². The van der Waals surface area contributed by atoms with Gasteiger partial charge in [0.15, 0.2) is 5.78 Å². The molecular formula is C21H22N4OS2. The van der Waals surface area contributed by atoms with E-state index in [0.29, 0.717) is 10.6 Å². The van der Waals surface area contributed by atoms with Gasteiger partial charge in [0.1, 0.15) is 11.1 Å². The van der Waals surface area contributed by atoms with Crippen LogP contribution >= 0.6 is 23.1 Å². The number of nitrogens with zero attached hydrogens (tertiary/aromatic N) is 4. The highest BCUT2D eigenvalue weighted by atomic mass is 32.2. The molecule has 0 bridgehead atoms. The average molecular weight is 411 g/mol. The summed E-state index contributed by atoms with van der Waals surface area (Å²) in [6.45, 7) is 8.58. The number of Topliss-reactive ketones (excluding diaryl/α,β-unsaturated/α-hetero) is 1. The van der Waals surface area contributed by atoms with Gasteiger partial charge in [-0.1, -0.05) is 17.8 Å². The highest BCUT2D eigenvalue weighted by molar-refractivity contribution is 8.00. The van der Waals surface area contributed by atoms with Crippen LogP contribution in [-0.2, 0) is 13.0 Å². The van der Waals surface area contributed by atoms with Crippen molar-refractivity contribution < 1.29 is 4.79 Å². The van der Waals surface area contributed by atoms with Crippen molar-refractivity contribution in [3.8, 4) is 6.07 Å². The van der Waals surface area contributed by atoms with E-state index in [4.69, 9.17) is 0 Å². The summed E-state index contributed by atoms with van der Waals surface area (Å²) < 4.78 is 2.20. The number of hydrogen-bond donors (Lipinski definition) is 0. The number of hydrogen-bond acceptors (Lipinski definition) is 6. The second-order valence-electron chi connectivity index (χ2n) is 6.68. The molecule has 3 rings (SSSR count). The molecule has 0 aliphatic rings. The lowest BCUT2D eigenvalue weighted by Gasteiger charge is -2.09. The van der Waals surface area contributed by atoms with Gasteiger partial charge in [-0.2, -0.15) is 10.4 Å². The van der Waals surface area contributed by atoms with Crippen molar-refractivity contribution in [2.45, 2.75) is 45.7 Å². The van der Waals surface area contributed by atoms with E-state index in [1.807, 2.05) is 33.8 Å². The summed E-state index contributed by atoms with van der Waals surface area (Å²) >= 11 is 3.03. The number of rotatable bonds is 7. The average Bonchev–Trinajstić information content (AvgIpc) is 3.29. The molecule has 0 aromatic carbocycles. The van der Waals surface area contributed by atoms with Crippen LogP contribution in [-0.4, -0.2) is 26.3 Å². The standard InChI is InChI=1S/C21H22N4OS2/c1-13-10-18(16(4)25(13)8-7-17-6-5-9-27-17)20(26)12-28-21-19(11-22)14(2)15(3)23-24-21/h5-6,9-10H,7-8,12H2,1-4H3. The van der Waals surface area contributed by atoms with Gasteiger partial charge in [-0.3, -0.25) is 4.79 Å². The Hall–Kier alpha value is -2.43. The van der Waals surface area contributed by atoms with E-state index in [1.165, 1.54) is 16.6 Å². The molecule has 3 aromatic rings. The molecule has 0 spiro atoms. The van der Waals surface area contributed by atoms with Crippen LogP contribution in [0.15, 0.2) is 28.6 Å². The van der Waals surface area contributed by atoms with E-state index in [0.717, 1.165) is 41.2 Å². The lowest BCUT2D eigenvalue weighted by Crippen LogP contribution is -2.08. The molecular weight excluding hydrogens is 388 g/mol. The summed E-state index contributed by atoms with van der Waals surface area (Å²) in [6.07, 6.45) is 0.959. The zero-order valence-corrected chi connectivity index (χ0v) is 18.1. The fourth-order valence-corrected chi connectivity index (χ4v) is 4.70. The summed E-state index contributed by atoms with van der Waals surface area (Å²) in [5.74, 6) is 0.283. The number of carbonyl (C=O) groups excluding carboxylic acids is 1. The summed E-state index contributed by atoms with van der Waals surface area (Å²) in [5.41, 5.74) is 4.89. The quantitative estimate of drug-likeness (QED) is 0.418. The van der Waals surface area contributed by atoms with Gasteiger partial charge >= 0.3 is 0 Å². The van der Waals surface area contributed by atoms with Gasteiger partial charge in [0.05, 0.1) is 17.0 Å². The van der Waals surface area contributed by atoms with E-state index >= 15 is 0 Å². The topological polar surface area (TPSA) is 71.6 Å². The summed E-state index contributed by atoms with van der Waals surface area (Å²) in [6, 6.07) is 8.35. The molecule has 0 saturated carbocycles. The van der Waals surface area contributed by atoms with E-state index in [1.54, 1.807) is 11.3 Å². The second kappa shape index (κ2) is 8.72. The first-order valence-corrected chi connectivity index (χ1v) is 10.9. The minimum absolute atomic E-state index is 0.0457. The summed E-state index contributed by atoms with van der Waals surface area (Å²) in [7, 11) is 0. The Bertz CT molecular complexity index is 1050. The number of thioether (sulfide) groups is 1. The van der Waals surface area contributed by atoms with Crippen LogP contribution in [0.4, 0.5) is 0 Å². The van der Waals surface area contributed by atoms with Gasteiger partial charge in [0.25, 0.3) is 0 Å². The molecule has 0 unspecified atom stereocenters. The first-order valence-electron chi connectivity index (χ1n) is 9.01. The molecule has 0 radical (unpaired) electrons. The zero-order valence-electron chi connectivity index (χ0n) is 16.4. The number of aromatic nitrogens is 3. The predicted octanol–water partition coefficient (Wildman–Crippen LogP) is 4.66. The van der Waals surface area contributed by atoms with Crippen LogP contribution in [0.1, 0.15) is 43.4 Å². The molecule has 0 fully saturated rings. The molecule has 0 aliphatic carbocycles. The number of carbonyl (C=O) groups is 1. The van der Waals surface area contributed by atoms with Crippen molar-refractivity contribution in [2.75, 3.05) is 5.75 Å². The van der Waals surface area contributed by atoms with E-state index in [2.05, 4.69) is 38.3 Å². The van der Waals surface area contributed by atoms with Gasteiger partial charge in [-0.15, -0.1) is 16.4 Å². The third-order valence-corrected chi connectivity index (χ3v) is 6.81. The predicted molar refractivity (Wildman–Crippen MR) is 113 cm³/mol. The van der Waals surface area contributed by atoms with Crippen molar-refractivity contribution in [3.05, 3.63) is 62.2 Å². The van der Waals surface area contributed by atoms with Gasteiger partial charge in [0.2, 0.25) is 0 Å². The fraction of sp³-hybridized carbons (Fsp3) is 0.333. The Morgan fingerprint density at radius 2 is 2.07 bits per heavy atom. The molecule has 7 heteroatoms. The summed E-state index contributed by atoms with van der Waals surface area (Å²) in [4.78, 5) is 14.2. The summed E-state index contributed by atoms with van der Waals surface area (Å²) in [5, 5.41) is 20.2. The maximum Gasteiger partial charge on any atom is 0.174 e. The Kier molecular flexibility index (Phi) is 6.32. The van der Waals surface area contributed by atoms with Gasteiger partial charge in [-0.05, 0) is 57.2 Å². The van der Waals surface area contributed by atoms with Crippen molar-refractivity contribution in [1.82, 2.24) is 14.8 Å². The normalized spacial score (nSPS) is 10.8. The third kappa shape index (κ3) is 4.18. The van der Waals surface area contributed by atoms with Crippen molar-refractivity contribution >= 4 is 28.9 Å². The first-order chi connectivity index (χ1) is 13.4. The van der Waals surface area contributed by atoms with Crippen LogP contribution in [0.5, 0.6) is 0 Å². The Morgan fingerprint density at radius 3 is 2.75 bits per heavy atom. The van der Waals surface area contributed by atoms with Crippen LogP contribution < -0.4 is 0 Å². The molecule has 0 saturated heterocycles. The SMILES string of the molecule is Cc1nnc(SCC(=O)c2cc(C)n(CCc3cccs3)c2C)c(C#N)c1C. The van der Waals surface area contributed by atoms with Gasteiger partial charge in [0, 0.05) is 28.4 Å². The lowest BCUT2D eigenvalue weighted by molar-refractivity contribution is 0.102. The molecule has 144 valence electrons. The molecule has 5 nitrogen and oxygen atoms in total. The molecule has 0 aliphatic heterocycles. The second-order valence-corrected chi connectivity index (χ2v) is 8.68. The highest BCUT2D eigenvalue weighted by Crippen LogP contribution is 2.25. The minimum Gasteiger partial charge on any atom is -0.348 e. The first kappa shape index (κ1) is 20.3. The molecule has 0 N–H and O–H groups in total. The Labute approximate surface area is 173 Å². The smallest absolute Gasteiger partial charge is 0.174 e. The maximum atomic E-state index is 12.8. The van der Waals surface area contributed by atoms with Crippen molar-refractivity contribution in [1.29, 1.82) is 5.26 Å². The maximum absolute atomic E-state index is 12.8. The lowest BCUT2D eigenvalue weighted by atomic mass is 10.1. The minimum atomic E-state index is 0.0457. The molecule has 0 atom stereocenters. The van der Waals surface area contributed by atoms with Crippen LogP contribution in [0.2, 0.25) is 0 Å².